The molecule has 17 N–H and O–H groups in total. The van der Waals surface area contributed by atoms with Gasteiger partial charge >= 0.3 is 0 Å². The Morgan fingerprint density at radius 1 is 0.886 bits per heavy atom. The molecule has 0 atom stereocenters. The van der Waals surface area contributed by atoms with Crippen molar-refractivity contribution in [3.8, 4) is 0 Å². The number of hydrogen-bond donors (Lipinski definition) is 10. The van der Waals surface area contributed by atoms with Crippen molar-refractivity contribution < 1.29 is 0 Å². The molecular formula is C20H41N15. The molecule has 0 aliphatic heterocycles. The largest absolute Gasteiger partial charge is 0.370 e. The first-order chi connectivity index (χ1) is 16.4. The lowest BCUT2D eigenvalue weighted by atomic mass is 10.2. The van der Waals surface area contributed by atoms with Gasteiger partial charge in [0, 0.05) is 27.2 Å². The van der Waals surface area contributed by atoms with Gasteiger partial charge in [0.15, 0.2) is 23.8 Å². The molecule has 0 saturated carbocycles. The van der Waals surface area contributed by atoms with Crippen molar-refractivity contribution in [3.63, 3.8) is 0 Å². The van der Waals surface area contributed by atoms with Crippen LogP contribution in [0.3, 0.4) is 0 Å². The van der Waals surface area contributed by atoms with Gasteiger partial charge in [0.1, 0.15) is 0 Å². The Morgan fingerprint density at radius 3 is 1.91 bits per heavy atom. The molecule has 0 aliphatic carbocycles. The van der Waals surface area contributed by atoms with Crippen molar-refractivity contribution in [1.29, 1.82) is 10.8 Å². The Bertz CT molecular complexity index is 853. The van der Waals surface area contributed by atoms with Gasteiger partial charge in [-0.2, -0.15) is 9.98 Å². The monoisotopic (exact) mass is 491 g/mol. The summed E-state index contributed by atoms with van der Waals surface area (Å²) in [7, 11) is 3.45. The first kappa shape index (κ1) is 32.6. The van der Waals surface area contributed by atoms with E-state index in [-0.39, 0.29) is 35.8 Å². The van der Waals surface area contributed by atoms with Crippen LogP contribution in [0.1, 0.15) is 25.3 Å². The second-order valence-electron chi connectivity index (χ2n) is 6.92. The third kappa shape index (κ3) is 23.9. The van der Waals surface area contributed by atoms with Crippen LogP contribution in [-0.4, -0.2) is 67.8 Å². The summed E-state index contributed by atoms with van der Waals surface area (Å²) in [5.74, 6) is 0.0410. The average Bonchev–Trinajstić information content (AvgIpc) is 2.74. The zero-order valence-corrected chi connectivity index (χ0v) is 20.7. The van der Waals surface area contributed by atoms with Gasteiger partial charge in [-0.25, -0.2) is 0 Å². The Labute approximate surface area is 206 Å². The van der Waals surface area contributed by atoms with E-state index in [4.69, 9.17) is 51.0 Å². The van der Waals surface area contributed by atoms with E-state index in [1.54, 1.807) is 19.0 Å². The molecule has 0 heterocycles. The van der Waals surface area contributed by atoms with E-state index in [0.29, 0.717) is 13.1 Å². The summed E-state index contributed by atoms with van der Waals surface area (Å²) in [4.78, 5) is 16.6. The smallest absolute Gasteiger partial charge is 0.218 e. The van der Waals surface area contributed by atoms with Gasteiger partial charge in [0.2, 0.25) is 11.9 Å². The summed E-state index contributed by atoms with van der Waals surface area (Å²) in [6.45, 7) is 3.33. The van der Waals surface area contributed by atoms with Crippen molar-refractivity contribution in [3.05, 3.63) is 35.9 Å². The maximum atomic E-state index is 6.81. The molecule has 0 aromatic heterocycles. The highest BCUT2D eigenvalue weighted by Gasteiger charge is 1.93. The minimum atomic E-state index is -0.277. The summed E-state index contributed by atoms with van der Waals surface area (Å²) in [5.41, 5.74) is 37.5. The fraction of sp³-hybridized carbons (Fsp3) is 0.400. The van der Waals surface area contributed by atoms with Crippen molar-refractivity contribution in [2.75, 3.05) is 27.2 Å². The van der Waals surface area contributed by atoms with Crippen molar-refractivity contribution in [2.45, 2.75) is 26.2 Å². The van der Waals surface area contributed by atoms with E-state index in [0.717, 1.165) is 19.3 Å². The van der Waals surface area contributed by atoms with E-state index in [1.165, 1.54) is 5.56 Å². The molecular weight excluding hydrogens is 450 g/mol. The predicted octanol–water partition coefficient (Wildman–Crippen LogP) is -1.84. The van der Waals surface area contributed by atoms with Gasteiger partial charge in [0.05, 0.1) is 0 Å². The molecule has 0 radical (unpaired) electrons. The summed E-state index contributed by atoms with van der Waals surface area (Å²) >= 11 is 0. The molecule has 15 heteroatoms. The second-order valence-corrected chi connectivity index (χ2v) is 6.92. The second kappa shape index (κ2) is 20.1. The molecule has 1 rings (SSSR count). The molecule has 35 heavy (non-hydrogen) atoms. The highest BCUT2D eigenvalue weighted by molar-refractivity contribution is 5.95. The summed E-state index contributed by atoms with van der Waals surface area (Å²) in [6.07, 6.45) is 2.90. The molecule has 0 aliphatic rings. The summed E-state index contributed by atoms with van der Waals surface area (Å²) in [5, 5.41) is 15.9. The molecule has 0 amide bonds. The molecule has 0 fully saturated rings. The van der Waals surface area contributed by atoms with Crippen LogP contribution in [0.15, 0.2) is 50.3 Å². The zero-order chi connectivity index (χ0) is 27.2. The molecule has 0 saturated heterocycles. The quantitative estimate of drug-likeness (QED) is 0.121. The highest BCUT2D eigenvalue weighted by atomic mass is 15.2. The maximum Gasteiger partial charge on any atom is 0.218 e. The number of hydrogen-bond acceptors (Lipinski definition) is 4. The van der Waals surface area contributed by atoms with Gasteiger partial charge in [-0.05, 0) is 18.4 Å². The third-order valence-electron chi connectivity index (χ3n) is 3.51. The van der Waals surface area contributed by atoms with Gasteiger partial charge in [-0.15, -0.1) is 0 Å². The SMILES string of the molecule is CCCCN=C(N)NC(=N)N.CN(C)C(N)=NC(=N)N.NC(N)=NC(N)=NCCc1ccccc1. The van der Waals surface area contributed by atoms with Gasteiger partial charge < -0.3 is 45.0 Å². The van der Waals surface area contributed by atoms with Crippen LogP contribution in [0, 0.1) is 10.8 Å². The number of benzene rings is 1. The van der Waals surface area contributed by atoms with Crippen LogP contribution in [0.2, 0.25) is 0 Å². The van der Waals surface area contributed by atoms with E-state index >= 15 is 0 Å². The molecule has 0 unspecified atom stereocenters. The number of nitrogens with zero attached hydrogens (tertiary/aromatic N) is 5. The van der Waals surface area contributed by atoms with Crippen molar-refractivity contribution in [2.24, 2.45) is 60.1 Å². The first-order valence-corrected chi connectivity index (χ1v) is 10.6. The van der Waals surface area contributed by atoms with E-state index in [9.17, 15) is 0 Å². The average molecular weight is 492 g/mol. The standard InChI is InChI=1S/C10H15N5.C6H15N5.C4H11N5/c11-9(12)15-10(13)14-7-6-8-4-2-1-3-5-8;1-2-3-4-10-6(9)11-5(7)8;1-9(2)4(7)8-3(5)6/h1-5H,6-7H2,(H6,11,12,13,14,15);2-4H2,1H3,(H6,7,8,9,10,11);1-2H3,(H5,5,6,7,8). The van der Waals surface area contributed by atoms with Gasteiger partial charge in [-0.3, -0.25) is 26.1 Å². The lowest BCUT2D eigenvalue weighted by Crippen LogP contribution is -2.40. The minimum Gasteiger partial charge on any atom is -0.370 e. The van der Waals surface area contributed by atoms with Crippen LogP contribution >= 0.6 is 0 Å². The lowest BCUT2D eigenvalue weighted by molar-refractivity contribution is 0.615. The minimum absolute atomic E-state index is 0.0732. The molecule has 1 aromatic rings. The number of nitrogens with two attached hydrogens (primary N) is 7. The van der Waals surface area contributed by atoms with E-state index in [1.807, 2.05) is 30.3 Å². The molecule has 1 aromatic carbocycles. The third-order valence-corrected chi connectivity index (χ3v) is 3.51. The Balaban J connectivity index is 0. The van der Waals surface area contributed by atoms with Crippen LogP contribution in [0.25, 0.3) is 0 Å². The van der Waals surface area contributed by atoms with Gasteiger partial charge in [0.25, 0.3) is 0 Å². The number of nitrogens with one attached hydrogen (secondary N) is 3. The maximum absolute atomic E-state index is 6.81. The van der Waals surface area contributed by atoms with Crippen LogP contribution in [0.5, 0.6) is 0 Å². The normalized spacial score (nSPS) is 11.1. The summed E-state index contributed by atoms with van der Waals surface area (Å²) < 4.78 is 0. The zero-order valence-electron chi connectivity index (χ0n) is 20.7. The van der Waals surface area contributed by atoms with Crippen LogP contribution < -0.4 is 45.5 Å². The fourth-order valence-corrected chi connectivity index (χ4v) is 1.87. The van der Waals surface area contributed by atoms with E-state index < -0.39 is 0 Å². The number of unbranched alkanes of at least 4 members (excludes halogenated alkanes) is 1. The highest BCUT2D eigenvalue weighted by Crippen LogP contribution is 1.99. The molecule has 196 valence electrons. The summed E-state index contributed by atoms with van der Waals surface area (Å²) in [6, 6.07) is 10.0. The van der Waals surface area contributed by atoms with Crippen LogP contribution in [0.4, 0.5) is 0 Å². The molecule has 0 bridgehead atoms. The Morgan fingerprint density at radius 2 is 1.49 bits per heavy atom. The van der Waals surface area contributed by atoms with Crippen molar-refractivity contribution >= 4 is 35.8 Å². The number of rotatable bonds is 6. The van der Waals surface area contributed by atoms with E-state index in [2.05, 4.69) is 32.2 Å². The fourth-order valence-electron chi connectivity index (χ4n) is 1.87. The lowest BCUT2D eigenvalue weighted by Gasteiger charge is -2.08. The van der Waals surface area contributed by atoms with Crippen LogP contribution in [-0.2, 0) is 6.42 Å². The van der Waals surface area contributed by atoms with Crippen molar-refractivity contribution in [1.82, 2.24) is 10.2 Å². The van der Waals surface area contributed by atoms with Gasteiger partial charge in [-0.1, -0.05) is 43.7 Å². The molecule has 0 spiro atoms. The first-order valence-electron chi connectivity index (χ1n) is 10.6. The Hall–Kier alpha value is -4.56. The predicted molar refractivity (Wildman–Crippen MR) is 146 cm³/mol. The molecule has 15 nitrogen and oxygen atoms in total. The number of guanidine groups is 6. The Kier molecular flexibility index (Phi) is 18.7. The number of aliphatic imine (C=N–C) groups is 4. The topological polar surface area (TPSA) is 295 Å².